The van der Waals surface area contributed by atoms with Gasteiger partial charge in [0.2, 0.25) is 0 Å². The first-order valence-electron chi connectivity index (χ1n) is 5.00. The number of aliphatic hydroxyl groups is 1. The maximum atomic E-state index is 9.48. The van der Waals surface area contributed by atoms with Crippen LogP contribution in [0.15, 0.2) is 23.0 Å². The molecule has 2 rings (SSSR count). The van der Waals surface area contributed by atoms with E-state index in [4.69, 9.17) is 9.15 Å². The Morgan fingerprint density at radius 2 is 2.50 bits per heavy atom. The van der Waals surface area contributed by atoms with Gasteiger partial charge in [-0.1, -0.05) is 0 Å². The van der Waals surface area contributed by atoms with Gasteiger partial charge in [0, 0.05) is 12.0 Å². The summed E-state index contributed by atoms with van der Waals surface area (Å²) >= 11 is 0. The Labute approximate surface area is 83.7 Å². The van der Waals surface area contributed by atoms with Gasteiger partial charge in [0.15, 0.2) is 0 Å². The molecule has 14 heavy (non-hydrogen) atoms. The highest BCUT2D eigenvalue weighted by molar-refractivity contribution is 5.10. The van der Waals surface area contributed by atoms with Gasteiger partial charge in [-0.3, -0.25) is 0 Å². The number of ether oxygens (including phenoxy) is 1. The van der Waals surface area contributed by atoms with Crippen LogP contribution in [0.5, 0.6) is 0 Å². The van der Waals surface area contributed by atoms with Crippen LogP contribution in [0.4, 0.5) is 0 Å². The van der Waals surface area contributed by atoms with E-state index in [1.165, 1.54) is 0 Å². The number of aliphatic hydroxyl groups excluding tert-OH is 1. The van der Waals surface area contributed by atoms with Crippen LogP contribution >= 0.6 is 0 Å². The van der Waals surface area contributed by atoms with Crippen molar-refractivity contribution in [3.63, 3.8) is 0 Å². The number of hydrogen-bond acceptors (Lipinski definition) is 3. The van der Waals surface area contributed by atoms with E-state index in [0.717, 1.165) is 25.0 Å². The van der Waals surface area contributed by atoms with Crippen molar-refractivity contribution in [1.82, 2.24) is 0 Å². The summed E-state index contributed by atoms with van der Waals surface area (Å²) in [5.74, 6) is 0. The van der Waals surface area contributed by atoms with Gasteiger partial charge in [0.25, 0.3) is 0 Å². The first-order valence-corrected chi connectivity index (χ1v) is 5.00. The van der Waals surface area contributed by atoms with Gasteiger partial charge < -0.3 is 14.3 Å². The molecule has 1 saturated heterocycles. The van der Waals surface area contributed by atoms with Crippen LogP contribution in [0.3, 0.4) is 0 Å². The maximum Gasteiger partial charge on any atom is 0.0934 e. The predicted molar refractivity (Wildman–Crippen MR) is 52.0 cm³/mol. The van der Waals surface area contributed by atoms with E-state index in [1.54, 1.807) is 12.5 Å². The van der Waals surface area contributed by atoms with Crippen LogP contribution < -0.4 is 0 Å². The van der Waals surface area contributed by atoms with Crippen molar-refractivity contribution in [2.24, 2.45) is 5.41 Å². The highest BCUT2D eigenvalue weighted by Gasteiger charge is 2.41. The molecule has 1 aliphatic heterocycles. The molecular weight excluding hydrogens is 180 g/mol. The third-order valence-electron chi connectivity index (χ3n) is 3.28. The number of furan rings is 1. The van der Waals surface area contributed by atoms with E-state index in [1.807, 2.05) is 13.0 Å². The first-order chi connectivity index (χ1) is 6.77. The molecule has 1 N–H and O–H groups in total. The highest BCUT2D eigenvalue weighted by Crippen LogP contribution is 2.37. The molecule has 3 heteroatoms. The van der Waals surface area contributed by atoms with Crippen molar-refractivity contribution in [1.29, 1.82) is 0 Å². The predicted octanol–water partition coefficient (Wildman–Crippen LogP) is 1.61. The van der Waals surface area contributed by atoms with E-state index in [0.29, 0.717) is 0 Å². The van der Waals surface area contributed by atoms with Gasteiger partial charge in [-0.2, -0.15) is 0 Å². The quantitative estimate of drug-likeness (QED) is 0.798. The van der Waals surface area contributed by atoms with Crippen LogP contribution in [-0.4, -0.2) is 24.4 Å². The lowest BCUT2D eigenvalue weighted by Crippen LogP contribution is -2.34. The van der Waals surface area contributed by atoms with E-state index in [2.05, 4.69) is 0 Å². The molecule has 0 spiro atoms. The number of hydrogen-bond donors (Lipinski definition) is 1. The third-order valence-corrected chi connectivity index (χ3v) is 3.28. The molecule has 2 atom stereocenters. The molecule has 0 aliphatic carbocycles. The molecule has 0 radical (unpaired) electrons. The number of rotatable bonds is 3. The topological polar surface area (TPSA) is 42.6 Å². The van der Waals surface area contributed by atoms with E-state index >= 15 is 0 Å². The van der Waals surface area contributed by atoms with Crippen molar-refractivity contribution in [3.8, 4) is 0 Å². The van der Waals surface area contributed by atoms with Crippen LogP contribution in [-0.2, 0) is 11.2 Å². The van der Waals surface area contributed by atoms with E-state index < -0.39 is 0 Å². The largest absolute Gasteiger partial charge is 0.472 e. The van der Waals surface area contributed by atoms with Crippen molar-refractivity contribution >= 4 is 0 Å². The summed E-state index contributed by atoms with van der Waals surface area (Å²) < 4.78 is 10.5. The average molecular weight is 196 g/mol. The summed E-state index contributed by atoms with van der Waals surface area (Å²) in [5, 5.41) is 9.48. The summed E-state index contributed by atoms with van der Waals surface area (Å²) in [5.41, 5.74) is 1.03. The zero-order chi connectivity index (χ0) is 10.0. The van der Waals surface area contributed by atoms with E-state index in [-0.39, 0.29) is 18.1 Å². The molecule has 2 heterocycles. The van der Waals surface area contributed by atoms with E-state index in [9.17, 15) is 5.11 Å². The Hall–Kier alpha value is -0.800. The summed E-state index contributed by atoms with van der Waals surface area (Å²) in [6.45, 7) is 2.96. The lowest BCUT2D eigenvalue weighted by atomic mass is 9.77. The SMILES string of the molecule is CC1OCCC1(CO)Cc1ccoc1. The van der Waals surface area contributed by atoms with Crippen LogP contribution in [0.1, 0.15) is 18.9 Å². The fourth-order valence-corrected chi connectivity index (χ4v) is 2.11. The summed E-state index contributed by atoms with van der Waals surface area (Å²) in [7, 11) is 0. The molecule has 0 saturated carbocycles. The maximum absolute atomic E-state index is 9.48. The summed E-state index contributed by atoms with van der Waals surface area (Å²) in [6, 6.07) is 1.95. The molecular formula is C11H16O3. The minimum atomic E-state index is -0.107. The monoisotopic (exact) mass is 196 g/mol. The van der Waals surface area contributed by atoms with Crippen LogP contribution in [0, 0.1) is 5.41 Å². The first kappa shape index (κ1) is 9.74. The molecule has 1 aromatic heterocycles. The molecule has 0 amide bonds. The fourth-order valence-electron chi connectivity index (χ4n) is 2.11. The molecule has 2 unspecified atom stereocenters. The zero-order valence-electron chi connectivity index (χ0n) is 8.40. The fraction of sp³-hybridized carbons (Fsp3) is 0.636. The van der Waals surface area contributed by atoms with Crippen molar-refractivity contribution in [2.45, 2.75) is 25.9 Å². The highest BCUT2D eigenvalue weighted by atomic mass is 16.5. The Kier molecular flexibility index (Phi) is 2.61. The Bertz CT molecular complexity index is 281. The van der Waals surface area contributed by atoms with Gasteiger partial charge in [-0.15, -0.1) is 0 Å². The molecule has 0 aromatic carbocycles. The third kappa shape index (κ3) is 1.57. The second-order valence-electron chi connectivity index (χ2n) is 4.09. The Balaban J connectivity index is 2.13. The smallest absolute Gasteiger partial charge is 0.0934 e. The minimum absolute atomic E-state index is 0.107. The normalized spacial score (nSPS) is 32.3. The zero-order valence-corrected chi connectivity index (χ0v) is 8.40. The van der Waals surface area contributed by atoms with Crippen LogP contribution in [0.25, 0.3) is 0 Å². The van der Waals surface area contributed by atoms with Gasteiger partial charge in [-0.05, 0) is 31.4 Å². The van der Waals surface area contributed by atoms with Crippen molar-refractivity contribution in [3.05, 3.63) is 24.2 Å². The van der Waals surface area contributed by atoms with Crippen molar-refractivity contribution < 1.29 is 14.3 Å². The molecule has 1 aromatic rings. The molecule has 3 nitrogen and oxygen atoms in total. The van der Waals surface area contributed by atoms with Crippen LogP contribution in [0.2, 0.25) is 0 Å². The molecule has 1 fully saturated rings. The second-order valence-corrected chi connectivity index (χ2v) is 4.09. The van der Waals surface area contributed by atoms with Gasteiger partial charge in [0.1, 0.15) is 0 Å². The van der Waals surface area contributed by atoms with Gasteiger partial charge >= 0.3 is 0 Å². The lowest BCUT2D eigenvalue weighted by molar-refractivity contribution is 0.0271. The van der Waals surface area contributed by atoms with Gasteiger partial charge in [-0.25, -0.2) is 0 Å². The Morgan fingerprint density at radius 1 is 1.64 bits per heavy atom. The summed E-state index contributed by atoms with van der Waals surface area (Å²) in [6.07, 6.45) is 5.29. The molecule has 1 aliphatic rings. The van der Waals surface area contributed by atoms with Gasteiger partial charge in [0.05, 0.1) is 25.2 Å². The second kappa shape index (κ2) is 3.75. The average Bonchev–Trinajstić information content (AvgIpc) is 2.79. The molecule has 78 valence electrons. The van der Waals surface area contributed by atoms with Crippen molar-refractivity contribution in [2.75, 3.05) is 13.2 Å². The Morgan fingerprint density at radius 3 is 3.00 bits per heavy atom. The lowest BCUT2D eigenvalue weighted by Gasteiger charge is -2.29. The summed E-state index contributed by atoms with van der Waals surface area (Å²) in [4.78, 5) is 0. The molecule has 0 bridgehead atoms. The minimum Gasteiger partial charge on any atom is -0.472 e. The standard InChI is InChI=1S/C11H16O3/c1-9-11(8-12,3-5-14-9)6-10-2-4-13-7-10/h2,4,7,9,12H,3,5-6,8H2,1H3.